The van der Waals surface area contributed by atoms with Gasteiger partial charge in [-0.1, -0.05) is 26.0 Å². The summed E-state index contributed by atoms with van der Waals surface area (Å²) in [5.74, 6) is -0.244. The van der Waals surface area contributed by atoms with Gasteiger partial charge in [-0.25, -0.2) is 0 Å². The van der Waals surface area contributed by atoms with Crippen LogP contribution in [0.1, 0.15) is 29.8 Å². The van der Waals surface area contributed by atoms with Crippen molar-refractivity contribution in [2.45, 2.75) is 20.4 Å². The number of nitrogens with zero attached hydrogens (tertiary/aromatic N) is 3. The predicted octanol–water partition coefficient (Wildman–Crippen LogP) is 3.02. The van der Waals surface area contributed by atoms with Crippen LogP contribution in [0.25, 0.3) is 0 Å². The second-order valence-corrected chi connectivity index (χ2v) is 9.09. The molecule has 0 atom stereocenters. The number of rotatable bonds is 9. The minimum Gasteiger partial charge on any atom is -0.322 e. The largest absolute Gasteiger partial charge is 0.322 e. The Labute approximate surface area is 174 Å². The van der Waals surface area contributed by atoms with E-state index in [4.69, 9.17) is 0 Å². The van der Waals surface area contributed by atoms with E-state index in [0.717, 1.165) is 29.6 Å². The van der Waals surface area contributed by atoms with E-state index in [9.17, 15) is 13.2 Å². The number of carbonyl (C=O) groups is 1. The summed E-state index contributed by atoms with van der Waals surface area (Å²) in [5.41, 5.74) is 2.85. The third kappa shape index (κ3) is 5.79. The average molecular weight is 419 g/mol. The lowest BCUT2D eigenvalue weighted by Gasteiger charge is -2.23. The van der Waals surface area contributed by atoms with Crippen LogP contribution in [0.2, 0.25) is 0 Å². The van der Waals surface area contributed by atoms with Crippen molar-refractivity contribution in [2.75, 3.05) is 43.9 Å². The third-order valence-electron chi connectivity index (χ3n) is 4.81. The molecule has 0 aromatic heterocycles. The fourth-order valence-corrected chi connectivity index (χ4v) is 3.68. The van der Waals surface area contributed by atoms with Gasteiger partial charge in [-0.3, -0.25) is 14.0 Å². The summed E-state index contributed by atoms with van der Waals surface area (Å²) in [4.78, 5) is 14.8. The highest BCUT2D eigenvalue weighted by atomic mass is 32.2. The molecule has 2 aromatic carbocycles. The fourth-order valence-electron chi connectivity index (χ4n) is 2.80. The predicted molar refractivity (Wildman–Crippen MR) is 118 cm³/mol. The van der Waals surface area contributed by atoms with Crippen LogP contribution in [0.15, 0.2) is 48.5 Å². The van der Waals surface area contributed by atoms with Crippen molar-refractivity contribution in [3.8, 4) is 0 Å². The van der Waals surface area contributed by atoms with Gasteiger partial charge in [0.05, 0.1) is 5.69 Å². The van der Waals surface area contributed by atoms with Crippen LogP contribution in [0.5, 0.6) is 0 Å². The lowest BCUT2D eigenvalue weighted by molar-refractivity contribution is 0.102. The zero-order valence-electron chi connectivity index (χ0n) is 17.7. The van der Waals surface area contributed by atoms with Crippen molar-refractivity contribution in [1.29, 1.82) is 0 Å². The topological polar surface area (TPSA) is 73.0 Å². The van der Waals surface area contributed by atoms with Gasteiger partial charge in [0.1, 0.15) is 0 Å². The van der Waals surface area contributed by atoms with Crippen LogP contribution < -0.4 is 9.62 Å². The zero-order chi connectivity index (χ0) is 21.6. The van der Waals surface area contributed by atoms with Gasteiger partial charge in [-0.15, -0.1) is 0 Å². The molecule has 8 heteroatoms. The smallest absolute Gasteiger partial charge is 0.303 e. The quantitative estimate of drug-likeness (QED) is 0.679. The minimum atomic E-state index is -3.57. The molecule has 0 saturated heterocycles. The zero-order valence-corrected chi connectivity index (χ0v) is 18.5. The van der Waals surface area contributed by atoms with Gasteiger partial charge in [0.25, 0.3) is 5.91 Å². The van der Waals surface area contributed by atoms with Crippen LogP contribution >= 0.6 is 0 Å². The number of nitrogens with one attached hydrogen (secondary N) is 1. The van der Waals surface area contributed by atoms with Gasteiger partial charge in [-0.2, -0.15) is 12.7 Å². The summed E-state index contributed by atoms with van der Waals surface area (Å²) in [7, 11) is 0.857. The maximum absolute atomic E-state index is 12.5. The Morgan fingerprint density at radius 2 is 1.45 bits per heavy atom. The van der Waals surface area contributed by atoms with Crippen LogP contribution in [0.3, 0.4) is 0 Å². The average Bonchev–Trinajstić information content (AvgIpc) is 2.72. The number of anilines is 2. The van der Waals surface area contributed by atoms with E-state index in [2.05, 4.69) is 24.1 Å². The molecule has 0 spiro atoms. The van der Waals surface area contributed by atoms with Gasteiger partial charge >= 0.3 is 10.2 Å². The first kappa shape index (κ1) is 22.9. The van der Waals surface area contributed by atoms with Crippen LogP contribution in [0, 0.1) is 0 Å². The molecule has 158 valence electrons. The third-order valence-corrected chi connectivity index (χ3v) is 6.64. The second-order valence-electron chi connectivity index (χ2n) is 6.92. The Bertz CT molecular complexity index is 906. The Balaban J connectivity index is 2.04. The first-order valence-electron chi connectivity index (χ1n) is 9.58. The summed E-state index contributed by atoms with van der Waals surface area (Å²) >= 11 is 0. The van der Waals surface area contributed by atoms with Crippen molar-refractivity contribution in [3.63, 3.8) is 0 Å². The van der Waals surface area contributed by atoms with Crippen LogP contribution in [-0.4, -0.2) is 57.8 Å². The van der Waals surface area contributed by atoms with Crippen molar-refractivity contribution in [2.24, 2.45) is 0 Å². The Kier molecular flexibility index (Phi) is 7.78. The Hall–Kier alpha value is -2.42. The summed E-state index contributed by atoms with van der Waals surface area (Å²) in [6.07, 6.45) is 0. The molecule has 7 nitrogen and oxygen atoms in total. The van der Waals surface area contributed by atoms with Gasteiger partial charge in [0, 0.05) is 38.9 Å². The molecule has 29 heavy (non-hydrogen) atoms. The monoisotopic (exact) mass is 418 g/mol. The number of carbonyl (C=O) groups excluding carboxylic acids is 1. The first-order valence-corrected chi connectivity index (χ1v) is 11.0. The Morgan fingerprint density at radius 1 is 0.897 bits per heavy atom. The van der Waals surface area contributed by atoms with Crippen LogP contribution in [-0.2, 0) is 16.8 Å². The first-order chi connectivity index (χ1) is 13.7. The summed E-state index contributed by atoms with van der Waals surface area (Å²) in [5, 5.41) is 2.87. The SMILES string of the molecule is CCN(CC)Cc1ccc(NC(=O)c2ccc(N(C)S(=O)(=O)N(C)C)cc2)cc1. The molecule has 1 N–H and O–H groups in total. The Morgan fingerprint density at radius 3 is 1.93 bits per heavy atom. The van der Waals surface area contributed by atoms with Gasteiger partial charge < -0.3 is 5.32 Å². The van der Waals surface area contributed by atoms with Crippen molar-refractivity contribution < 1.29 is 13.2 Å². The summed E-state index contributed by atoms with van der Waals surface area (Å²) < 4.78 is 26.7. The van der Waals surface area contributed by atoms with E-state index in [1.54, 1.807) is 24.3 Å². The summed E-state index contributed by atoms with van der Waals surface area (Å²) in [6, 6.07) is 14.3. The maximum Gasteiger partial charge on any atom is 0.303 e. The highest BCUT2D eigenvalue weighted by Gasteiger charge is 2.21. The molecule has 1 amide bonds. The molecule has 2 aromatic rings. The maximum atomic E-state index is 12.5. The fraction of sp³-hybridized carbons (Fsp3) is 0.381. The molecule has 0 heterocycles. The van der Waals surface area contributed by atoms with Gasteiger partial charge in [0.2, 0.25) is 0 Å². The molecular weight excluding hydrogens is 388 g/mol. The number of benzene rings is 2. The number of hydrogen-bond acceptors (Lipinski definition) is 4. The normalized spacial score (nSPS) is 11.7. The molecule has 2 rings (SSSR count). The lowest BCUT2D eigenvalue weighted by Crippen LogP contribution is -2.37. The lowest BCUT2D eigenvalue weighted by atomic mass is 10.1. The molecule has 0 unspecified atom stereocenters. The molecule has 0 radical (unpaired) electrons. The van der Waals surface area contributed by atoms with E-state index in [1.165, 1.54) is 31.0 Å². The van der Waals surface area contributed by atoms with Crippen molar-refractivity contribution >= 4 is 27.5 Å². The van der Waals surface area contributed by atoms with Crippen molar-refractivity contribution in [1.82, 2.24) is 9.21 Å². The van der Waals surface area contributed by atoms with E-state index in [1.807, 2.05) is 24.3 Å². The molecule has 0 aliphatic heterocycles. The highest BCUT2D eigenvalue weighted by Crippen LogP contribution is 2.19. The van der Waals surface area contributed by atoms with Gasteiger partial charge in [0.15, 0.2) is 0 Å². The molecule has 0 fully saturated rings. The summed E-state index contributed by atoms with van der Waals surface area (Å²) in [6.45, 7) is 7.15. The van der Waals surface area contributed by atoms with Gasteiger partial charge in [-0.05, 0) is 55.1 Å². The second kappa shape index (κ2) is 9.87. The van der Waals surface area contributed by atoms with E-state index in [0.29, 0.717) is 11.3 Å². The number of hydrogen-bond donors (Lipinski definition) is 1. The molecule has 0 saturated carbocycles. The molecule has 0 aliphatic carbocycles. The van der Waals surface area contributed by atoms with Crippen LogP contribution in [0.4, 0.5) is 11.4 Å². The highest BCUT2D eigenvalue weighted by molar-refractivity contribution is 7.90. The standard InChI is InChI=1S/C21H30N4O3S/c1-6-25(7-2)16-17-8-12-19(13-9-17)22-21(26)18-10-14-20(15-11-18)24(5)29(27,28)23(3)4/h8-15H,6-7,16H2,1-5H3,(H,22,26). The van der Waals surface area contributed by atoms with E-state index < -0.39 is 10.2 Å². The molecular formula is C21H30N4O3S. The minimum absolute atomic E-state index is 0.244. The van der Waals surface area contributed by atoms with Crippen molar-refractivity contribution in [3.05, 3.63) is 59.7 Å². The van der Waals surface area contributed by atoms with E-state index in [-0.39, 0.29) is 5.91 Å². The molecule has 0 bridgehead atoms. The van der Waals surface area contributed by atoms with E-state index >= 15 is 0 Å². The number of amides is 1. The molecule has 0 aliphatic rings.